The largest absolute Gasteiger partial charge is 0.355 e. The molecule has 2 amide bonds. The van der Waals surface area contributed by atoms with Gasteiger partial charge in [0.15, 0.2) is 0 Å². The first-order valence-corrected chi connectivity index (χ1v) is 15.1. The lowest BCUT2D eigenvalue weighted by molar-refractivity contribution is -0.140. The molecule has 1 atom stereocenters. The standard InChI is InChI=1S/C28H31BrClN3O4S/c1-4-31-28(35)26(17-21-9-6-5-7-10-21)32(18-22-11-8-12-23(30)16-22)27(34)19-33(38(3,36)37)24-13-14-25(29)20(2)15-24/h5-16,26H,4,17-19H2,1-3H3,(H,31,35)/t26-/m1/s1. The molecule has 1 N–H and O–H groups in total. The molecule has 0 aliphatic heterocycles. The third kappa shape index (κ3) is 8.06. The Hall–Kier alpha value is -2.88. The van der Waals surface area contributed by atoms with Gasteiger partial charge in [-0.1, -0.05) is 70.0 Å². The topological polar surface area (TPSA) is 86.8 Å². The third-order valence-corrected chi connectivity index (χ3v) is 8.24. The van der Waals surface area contributed by atoms with Crippen LogP contribution in [0.15, 0.2) is 77.3 Å². The van der Waals surface area contributed by atoms with E-state index in [0.717, 1.165) is 31.7 Å². The summed E-state index contributed by atoms with van der Waals surface area (Å²) in [5.41, 5.74) is 2.78. The van der Waals surface area contributed by atoms with Gasteiger partial charge in [0.2, 0.25) is 21.8 Å². The highest BCUT2D eigenvalue weighted by Crippen LogP contribution is 2.25. The van der Waals surface area contributed by atoms with Crippen LogP contribution in [0.25, 0.3) is 0 Å². The number of likely N-dealkylation sites (N-methyl/N-ethyl adjacent to an activating group) is 1. The van der Waals surface area contributed by atoms with Crippen LogP contribution >= 0.6 is 27.5 Å². The maximum absolute atomic E-state index is 14.0. The maximum atomic E-state index is 14.0. The lowest BCUT2D eigenvalue weighted by Crippen LogP contribution is -2.53. The molecule has 0 radical (unpaired) electrons. The van der Waals surface area contributed by atoms with Crippen molar-refractivity contribution < 1.29 is 18.0 Å². The van der Waals surface area contributed by atoms with Crippen molar-refractivity contribution in [2.24, 2.45) is 0 Å². The van der Waals surface area contributed by atoms with Crippen molar-refractivity contribution in [3.8, 4) is 0 Å². The average Bonchev–Trinajstić information content (AvgIpc) is 2.86. The van der Waals surface area contributed by atoms with E-state index in [9.17, 15) is 18.0 Å². The second-order valence-electron chi connectivity index (χ2n) is 8.95. The quantitative estimate of drug-likeness (QED) is 0.329. The van der Waals surface area contributed by atoms with Gasteiger partial charge in [-0.2, -0.15) is 0 Å². The summed E-state index contributed by atoms with van der Waals surface area (Å²) in [6.45, 7) is 3.64. The average molecular weight is 621 g/mol. The number of halogens is 2. The Balaban J connectivity index is 2.05. The number of hydrogen-bond donors (Lipinski definition) is 1. The van der Waals surface area contributed by atoms with Crippen LogP contribution in [0.2, 0.25) is 5.02 Å². The van der Waals surface area contributed by atoms with Gasteiger partial charge in [-0.3, -0.25) is 13.9 Å². The van der Waals surface area contributed by atoms with Gasteiger partial charge in [0.25, 0.3) is 0 Å². The molecule has 0 bridgehead atoms. The number of amides is 2. The summed E-state index contributed by atoms with van der Waals surface area (Å²) in [7, 11) is -3.82. The first-order chi connectivity index (χ1) is 18.0. The molecule has 3 aromatic carbocycles. The number of carbonyl (C=O) groups excluding carboxylic acids is 2. The van der Waals surface area contributed by atoms with Crippen LogP contribution in [-0.2, 0) is 32.6 Å². The van der Waals surface area contributed by atoms with E-state index in [1.807, 2.05) is 50.2 Å². The molecule has 0 saturated carbocycles. The van der Waals surface area contributed by atoms with E-state index in [2.05, 4.69) is 21.2 Å². The van der Waals surface area contributed by atoms with E-state index >= 15 is 0 Å². The first-order valence-electron chi connectivity index (χ1n) is 12.1. The summed E-state index contributed by atoms with van der Waals surface area (Å²) in [5, 5.41) is 3.33. The monoisotopic (exact) mass is 619 g/mol. The van der Waals surface area contributed by atoms with Crippen LogP contribution in [0.3, 0.4) is 0 Å². The second kappa shape index (κ2) is 13.3. The zero-order chi connectivity index (χ0) is 27.9. The summed E-state index contributed by atoms with van der Waals surface area (Å²) >= 11 is 9.64. The van der Waals surface area contributed by atoms with Crippen molar-refractivity contribution in [3.63, 3.8) is 0 Å². The molecule has 0 saturated heterocycles. The molecule has 0 unspecified atom stereocenters. The summed E-state index contributed by atoms with van der Waals surface area (Å²) in [6.07, 6.45) is 1.32. The third-order valence-electron chi connectivity index (χ3n) is 5.97. The minimum absolute atomic E-state index is 0.0744. The van der Waals surface area contributed by atoms with Gasteiger partial charge in [-0.25, -0.2) is 8.42 Å². The normalized spacial score (nSPS) is 12.0. The van der Waals surface area contributed by atoms with Gasteiger partial charge >= 0.3 is 0 Å². The van der Waals surface area contributed by atoms with Crippen LogP contribution in [0.1, 0.15) is 23.6 Å². The van der Waals surface area contributed by atoms with Crippen molar-refractivity contribution in [1.29, 1.82) is 0 Å². The summed E-state index contributed by atoms with van der Waals surface area (Å²) in [5.74, 6) is -0.833. The number of carbonyl (C=O) groups is 2. The first kappa shape index (κ1) is 29.7. The Morgan fingerprint density at radius 3 is 2.29 bits per heavy atom. The van der Waals surface area contributed by atoms with Crippen molar-refractivity contribution in [3.05, 3.63) is 99.0 Å². The Morgan fingerprint density at radius 2 is 1.68 bits per heavy atom. The van der Waals surface area contributed by atoms with E-state index in [4.69, 9.17) is 11.6 Å². The highest BCUT2D eigenvalue weighted by atomic mass is 79.9. The van der Waals surface area contributed by atoms with Crippen molar-refractivity contribution >= 4 is 55.1 Å². The predicted octanol–water partition coefficient (Wildman–Crippen LogP) is 4.95. The number of sulfonamides is 1. The Labute approximate surface area is 238 Å². The fourth-order valence-electron chi connectivity index (χ4n) is 4.08. The van der Waals surface area contributed by atoms with Crippen LogP contribution < -0.4 is 9.62 Å². The van der Waals surface area contributed by atoms with Crippen LogP contribution in [-0.4, -0.2) is 50.5 Å². The fourth-order valence-corrected chi connectivity index (χ4v) is 5.38. The molecule has 202 valence electrons. The van der Waals surface area contributed by atoms with Gasteiger partial charge in [0.05, 0.1) is 11.9 Å². The number of nitrogens with one attached hydrogen (secondary N) is 1. The van der Waals surface area contributed by atoms with E-state index in [1.165, 1.54) is 4.90 Å². The van der Waals surface area contributed by atoms with Gasteiger partial charge in [0.1, 0.15) is 12.6 Å². The van der Waals surface area contributed by atoms with Crippen molar-refractivity contribution in [2.75, 3.05) is 23.7 Å². The molecule has 3 aromatic rings. The van der Waals surface area contributed by atoms with Crippen molar-refractivity contribution in [1.82, 2.24) is 10.2 Å². The van der Waals surface area contributed by atoms with E-state index < -0.39 is 28.5 Å². The van der Waals surface area contributed by atoms with Gasteiger partial charge in [0, 0.05) is 29.0 Å². The zero-order valence-corrected chi connectivity index (χ0v) is 24.7. The maximum Gasteiger partial charge on any atom is 0.244 e. The molecule has 0 spiro atoms. The SMILES string of the molecule is CCNC(=O)[C@@H](Cc1ccccc1)N(Cc1cccc(Cl)c1)C(=O)CN(c1ccc(Br)c(C)c1)S(C)(=O)=O. The summed E-state index contributed by atoms with van der Waals surface area (Å²) < 4.78 is 27.6. The smallest absolute Gasteiger partial charge is 0.244 e. The van der Waals surface area contributed by atoms with Crippen LogP contribution in [0, 0.1) is 6.92 Å². The molecular formula is C28H31BrClN3O4S. The molecule has 0 aliphatic rings. The fraction of sp³-hybridized carbons (Fsp3) is 0.286. The number of rotatable bonds is 11. The molecule has 38 heavy (non-hydrogen) atoms. The predicted molar refractivity (Wildman–Crippen MR) is 156 cm³/mol. The molecule has 10 heteroatoms. The lowest BCUT2D eigenvalue weighted by Gasteiger charge is -2.33. The zero-order valence-electron chi connectivity index (χ0n) is 21.5. The number of anilines is 1. The Morgan fingerprint density at radius 1 is 1.00 bits per heavy atom. The number of benzene rings is 3. The molecule has 0 aromatic heterocycles. The number of hydrogen-bond acceptors (Lipinski definition) is 4. The van der Waals surface area contributed by atoms with Crippen LogP contribution in [0.4, 0.5) is 5.69 Å². The molecule has 0 fully saturated rings. The van der Waals surface area contributed by atoms with Crippen molar-refractivity contribution in [2.45, 2.75) is 32.9 Å². The van der Waals surface area contributed by atoms with Gasteiger partial charge in [-0.15, -0.1) is 0 Å². The van der Waals surface area contributed by atoms with Gasteiger partial charge < -0.3 is 10.2 Å². The highest BCUT2D eigenvalue weighted by Gasteiger charge is 2.33. The van der Waals surface area contributed by atoms with E-state index in [0.29, 0.717) is 17.3 Å². The lowest BCUT2D eigenvalue weighted by atomic mass is 10.0. The Bertz CT molecular complexity index is 1390. The summed E-state index contributed by atoms with van der Waals surface area (Å²) in [6, 6.07) is 20.6. The molecule has 0 aliphatic carbocycles. The number of aryl methyl sites for hydroxylation is 1. The molecule has 7 nitrogen and oxygen atoms in total. The number of nitrogens with zero attached hydrogens (tertiary/aromatic N) is 2. The minimum Gasteiger partial charge on any atom is -0.355 e. The second-order valence-corrected chi connectivity index (χ2v) is 12.2. The van der Waals surface area contributed by atoms with Crippen LogP contribution in [0.5, 0.6) is 0 Å². The molecule has 0 heterocycles. The van der Waals surface area contributed by atoms with E-state index in [-0.39, 0.29) is 18.9 Å². The minimum atomic E-state index is -3.82. The highest BCUT2D eigenvalue weighted by molar-refractivity contribution is 9.10. The Kier molecular flexibility index (Phi) is 10.4. The molecular weight excluding hydrogens is 590 g/mol. The van der Waals surface area contributed by atoms with Gasteiger partial charge in [-0.05, 0) is 60.9 Å². The summed E-state index contributed by atoms with van der Waals surface area (Å²) in [4.78, 5) is 28.7. The molecule has 3 rings (SSSR count). The van der Waals surface area contributed by atoms with E-state index in [1.54, 1.807) is 36.4 Å².